The van der Waals surface area contributed by atoms with Gasteiger partial charge < -0.3 is 8.38 Å². The molecule has 1 heterocycles. The first-order chi connectivity index (χ1) is 5.29. The summed E-state index contributed by atoms with van der Waals surface area (Å²) >= 11 is 3.61. The Morgan fingerprint density at radius 2 is 2.45 bits per heavy atom. The first kappa shape index (κ1) is 9.12. The fourth-order valence-corrected chi connectivity index (χ4v) is 2.31. The third-order valence-electron chi connectivity index (χ3n) is 1.36. The fraction of sp³-hybridized carbons (Fsp3) is 0.429. The van der Waals surface area contributed by atoms with Crippen molar-refractivity contribution in [1.29, 1.82) is 0 Å². The van der Waals surface area contributed by atoms with Crippen LogP contribution in [-0.2, 0) is 0 Å². The van der Waals surface area contributed by atoms with E-state index in [0.29, 0.717) is 0 Å². The summed E-state index contributed by atoms with van der Waals surface area (Å²) in [6, 6.07) is 0. The first-order valence-corrected chi connectivity index (χ1v) is 5.16. The number of hydrogen-bond acceptors (Lipinski definition) is 3. The summed E-state index contributed by atoms with van der Waals surface area (Å²) in [4.78, 5) is 1.22. The summed E-state index contributed by atoms with van der Waals surface area (Å²) in [5.41, 5.74) is 1.10. The number of hydrogen-bond donors (Lipinski definition) is 1. The van der Waals surface area contributed by atoms with E-state index in [0.717, 1.165) is 18.0 Å². The summed E-state index contributed by atoms with van der Waals surface area (Å²) in [7, 11) is 0. The highest BCUT2D eigenvalue weighted by Crippen LogP contribution is 2.35. The number of rotatable bonds is 3. The third-order valence-corrected chi connectivity index (χ3v) is 2.70. The van der Waals surface area contributed by atoms with E-state index in [4.69, 9.17) is 3.07 Å². The van der Waals surface area contributed by atoms with Crippen molar-refractivity contribution in [3.8, 4) is 5.75 Å². The van der Waals surface area contributed by atoms with E-state index < -0.39 is 0 Å². The van der Waals surface area contributed by atoms with Crippen LogP contribution >= 0.6 is 34.3 Å². The van der Waals surface area contributed by atoms with Crippen molar-refractivity contribution >= 4 is 40.0 Å². The summed E-state index contributed by atoms with van der Waals surface area (Å²) in [5.74, 6) is 0.970. The largest absolute Gasteiger partial charge is 0.424 e. The molecule has 0 atom stereocenters. The van der Waals surface area contributed by atoms with Crippen LogP contribution in [-0.4, -0.2) is 6.54 Å². The monoisotopic (exact) mass is 283 g/mol. The highest BCUT2D eigenvalue weighted by molar-refractivity contribution is 14.1. The Morgan fingerprint density at radius 1 is 1.73 bits per heavy atom. The number of anilines is 1. The second-order valence-electron chi connectivity index (χ2n) is 2.14. The van der Waals surface area contributed by atoms with Crippen LogP contribution in [0.15, 0.2) is 5.38 Å². The smallest absolute Gasteiger partial charge is 0.192 e. The number of thiophene rings is 1. The Balaban J connectivity index is 2.86. The molecular weight excluding hydrogens is 273 g/mol. The molecule has 0 radical (unpaired) electrons. The van der Waals surface area contributed by atoms with Gasteiger partial charge >= 0.3 is 0 Å². The van der Waals surface area contributed by atoms with Crippen molar-refractivity contribution in [2.75, 3.05) is 11.9 Å². The molecule has 11 heavy (non-hydrogen) atoms. The summed E-state index contributed by atoms with van der Waals surface area (Å²) in [6.45, 7) is 5.06. The van der Waals surface area contributed by atoms with Crippen LogP contribution in [0.3, 0.4) is 0 Å². The Hall–Kier alpha value is 0.0300. The van der Waals surface area contributed by atoms with Crippen molar-refractivity contribution < 1.29 is 3.07 Å². The second kappa shape index (κ2) is 4.15. The van der Waals surface area contributed by atoms with Crippen LogP contribution in [0, 0.1) is 6.92 Å². The zero-order chi connectivity index (χ0) is 8.27. The summed E-state index contributed by atoms with van der Waals surface area (Å²) in [5, 5.41) is 5.30. The van der Waals surface area contributed by atoms with Crippen molar-refractivity contribution in [3.63, 3.8) is 0 Å². The molecule has 0 unspecified atom stereocenters. The van der Waals surface area contributed by atoms with E-state index in [1.165, 1.54) is 4.88 Å². The van der Waals surface area contributed by atoms with Gasteiger partial charge in [0.1, 0.15) is 0 Å². The molecule has 0 amide bonds. The maximum Gasteiger partial charge on any atom is 0.192 e. The highest BCUT2D eigenvalue weighted by Gasteiger charge is 2.07. The molecule has 1 aromatic rings. The van der Waals surface area contributed by atoms with Crippen LogP contribution in [0.25, 0.3) is 0 Å². The van der Waals surface area contributed by atoms with E-state index in [9.17, 15) is 0 Å². The van der Waals surface area contributed by atoms with Crippen molar-refractivity contribution in [2.24, 2.45) is 0 Å². The topological polar surface area (TPSA) is 21.3 Å². The lowest BCUT2D eigenvalue weighted by Gasteiger charge is -2.02. The highest BCUT2D eigenvalue weighted by atomic mass is 127. The zero-order valence-corrected chi connectivity index (χ0v) is 9.45. The lowest BCUT2D eigenvalue weighted by atomic mass is 10.4. The van der Waals surface area contributed by atoms with E-state index in [1.807, 2.05) is 23.0 Å². The van der Waals surface area contributed by atoms with Gasteiger partial charge in [0.15, 0.2) is 28.8 Å². The maximum atomic E-state index is 5.19. The van der Waals surface area contributed by atoms with Crippen LogP contribution in [0.5, 0.6) is 5.75 Å². The number of halogens is 1. The molecule has 62 valence electrons. The Morgan fingerprint density at radius 3 is 3.00 bits per heavy atom. The molecule has 0 aliphatic heterocycles. The summed E-state index contributed by atoms with van der Waals surface area (Å²) < 4.78 is 5.19. The molecule has 1 N–H and O–H groups in total. The standard InChI is InChI=1S/C7H10INOS/c1-3-9-6-4-11-5(2)7(6)10-8/h4,9H,3H2,1-2H3. The molecular formula is C7H10INOS. The Bertz CT molecular complexity index is 236. The third kappa shape index (κ3) is 1.99. The molecule has 2 nitrogen and oxygen atoms in total. The molecule has 0 aliphatic carbocycles. The van der Waals surface area contributed by atoms with Gasteiger partial charge in [0.2, 0.25) is 0 Å². The SMILES string of the molecule is CCNc1csc(C)c1OI. The molecule has 1 rings (SSSR count). The first-order valence-electron chi connectivity index (χ1n) is 3.40. The van der Waals surface area contributed by atoms with Crippen molar-refractivity contribution in [1.82, 2.24) is 0 Å². The van der Waals surface area contributed by atoms with E-state index in [-0.39, 0.29) is 0 Å². The minimum atomic E-state index is 0.934. The average molecular weight is 283 g/mol. The number of nitrogens with one attached hydrogen (secondary N) is 1. The molecule has 0 saturated heterocycles. The van der Waals surface area contributed by atoms with Gasteiger partial charge in [-0.1, -0.05) is 0 Å². The molecule has 0 spiro atoms. The van der Waals surface area contributed by atoms with Crippen molar-refractivity contribution in [3.05, 3.63) is 10.3 Å². The zero-order valence-electron chi connectivity index (χ0n) is 6.48. The molecule has 0 saturated carbocycles. The van der Waals surface area contributed by atoms with Crippen LogP contribution in [0.1, 0.15) is 11.8 Å². The lowest BCUT2D eigenvalue weighted by Crippen LogP contribution is -1.95. The van der Waals surface area contributed by atoms with Crippen LogP contribution in [0.4, 0.5) is 5.69 Å². The van der Waals surface area contributed by atoms with Gasteiger partial charge in [-0.3, -0.25) is 0 Å². The van der Waals surface area contributed by atoms with Gasteiger partial charge in [-0.15, -0.1) is 11.3 Å². The average Bonchev–Trinajstić information content (AvgIpc) is 2.33. The van der Waals surface area contributed by atoms with Gasteiger partial charge in [-0.2, -0.15) is 0 Å². The van der Waals surface area contributed by atoms with E-state index >= 15 is 0 Å². The van der Waals surface area contributed by atoms with Gasteiger partial charge in [0.25, 0.3) is 0 Å². The minimum Gasteiger partial charge on any atom is -0.424 e. The van der Waals surface area contributed by atoms with Crippen LogP contribution in [0.2, 0.25) is 0 Å². The molecule has 1 aromatic heterocycles. The number of aryl methyl sites for hydroxylation is 1. The quantitative estimate of drug-likeness (QED) is 0.860. The molecule has 4 heteroatoms. The fourth-order valence-electron chi connectivity index (χ4n) is 0.852. The molecule has 0 fully saturated rings. The van der Waals surface area contributed by atoms with Crippen LogP contribution < -0.4 is 8.38 Å². The predicted octanol–water partition coefficient (Wildman–Crippen LogP) is 3.22. The van der Waals surface area contributed by atoms with E-state index in [2.05, 4.69) is 24.5 Å². The van der Waals surface area contributed by atoms with Gasteiger partial charge in [-0.05, 0) is 13.8 Å². The molecule has 0 aromatic carbocycles. The maximum absolute atomic E-state index is 5.19. The van der Waals surface area contributed by atoms with Crippen molar-refractivity contribution in [2.45, 2.75) is 13.8 Å². The molecule has 0 aliphatic rings. The Kier molecular flexibility index (Phi) is 3.45. The predicted molar refractivity (Wildman–Crippen MR) is 57.9 cm³/mol. The van der Waals surface area contributed by atoms with Gasteiger partial charge in [-0.25, -0.2) is 0 Å². The van der Waals surface area contributed by atoms with Gasteiger partial charge in [0, 0.05) is 16.8 Å². The minimum absolute atomic E-state index is 0.934. The Labute approximate surface area is 84.6 Å². The second-order valence-corrected chi connectivity index (χ2v) is 3.67. The molecule has 0 bridgehead atoms. The summed E-state index contributed by atoms with van der Waals surface area (Å²) in [6.07, 6.45) is 0. The van der Waals surface area contributed by atoms with E-state index in [1.54, 1.807) is 11.3 Å². The lowest BCUT2D eigenvalue weighted by molar-refractivity contribution is 0.716. The normalized spacial score (nSPS) is 9.73. The van der Waals surface area contributed by atoms with Gasteiger partial charge in [0.05, 0.1) is 5.69 Å².